The number of hydrogen-bond acceptors (Lipinski definition) is 3. The van der Waals surface area contributed by atoms with Crippen molar-refractivity contribution in [2.24, 2.45) is 5.73 Å². The van der Waals surface area contributed by atoms with E-state index in [0.29, 0.717) is 0 Å². The molecule has 96 valence electrons. The number of benzene rings is 1. The van der Waals surface area contributed by atoms with Crippen molar-refractivity contribution in [3.63, 3.8) is 0 Å². The quantitative estimate of drug-likeness (QED) is 0.823. The lowest BCUT2D eigenvalue weighted by Crippen LogP contribution is -2.26. The van der Waals surface area contributed by atoms with Crippen molar-refractivity contribution >= 4 is 23.4 Å². The van der Waals surface area contributed by atoms with Crippen LogP contribution in [0, 0.1) is 0 Å². The molecule has 3 N–H and O–H groups in total. The highest BCUT2D eigenvalue weighted by molar-refractivity contribution is 7.99. The van der Waals surface area contributed by atoms with Crippen LogP contribution in [0.4, 0.5) is 0 Å². The van der Waals surface area contributed by atoms with Crippen LogP contribution < -0.4 is 5.73 Å². The maximum atomic E-state index is 6.26. The Hall–Kier alpha value is -0.970. The molecule has 3 nitrogen and oxygen atoms in total. The molecule has 0 radical (unpaired) electrons. The normalized spacial score (nSPS) is 14.4. The van der Waals surface area contributed by atoms with Gasteiger partial charge in [-0.25, -0.2) is 4.98 Å². The summed E-state index contributed by atoms with van der Waals surface area (Å²) in [5, 5.41) is 1.73. The van der Waals surface area contributed by atoms with Crippen LogP contribution in [-0.2, 0) is 0 Å². The van der Waals surface area contributed by atoms with Crippen LogP contribution in [0.2, 0.25) is 5.02 Å². The molecule has 5 heteroatoms. The number of thioether (sulfide) groups is 1. The zero-order valence-electron chi connectivity index (χ0n) is 10.1. The Labute approximate surface area is 116 Å². The number of aromatic nitrogens is 2. The van der Waals surface area contributed by atoms with E-state index < -0.39 is 0 Å². The fourth-order valence-corrected chi connectivity index (χ4v) is 3.25. The maximum absolute atomic E-state index is 6.26. The van der Waals surface area contributed by atoms with Gasteiger partial charge in [0, 0.05) is 23.5 Å². The smallest absolute Gasteiger partial charge is 0.165 e. The number of nitrogens with one attached hydrogen (secondary N) is 1. The Balaban J connectivity index is 2.28. The average Bonchev–Trinajstić information content (AvgIpc) is 2.89. The molecule has 1 aromatic heterocycles. The van der Waals surface area contributed by atoms with E-state index in [1.807, 2.05) is 30.5 Å². The van der Waals surface area contributed by atoms with Gasteiger partial charge in [0.25, 0.3) is 0 Å². The summed E-state index contributed by atoms with van der Waals surface area (Å²) in [5.41, 5.74) is 7.28. The minimum atomic E-state index is 0.0417. The first-order valence-electron chi connectivity index (χ1n) is 5.88. The summed E-state index contributed by atoms with van der Waals surface area (Å²) in [5.74, 6) is 0. The number of nitrogens with two attached hydrogens (primary N) is 1. The molecule has 0 fully saturated rings. The van der Waals surface area contributed by atoms with E-state index in [9.17, 15) is 0 Å². The summed E-state index contributed by atoms with van der Waals surface area (Å²) in [6, 6.07) is 7.88. The van der Waals surface area contributed by atoms with Gasteiger partial charge in [-0.2, -0.15) is 0 Å². The summed E-state index contributed by atoms with van der Waals surface area (Å²) < 4.78 is 0. The molecular formula is C13H16ClN3S. The van der Waals surface area contributed by atoms with Gasteiger partial charge >= 0.3 is 0 Å². The Bertz CT molecular complexity index is 487. The van der Waals surface area contributed by atoms with E-state index >= 15 is 0 Å². The molecule has 0 spiro atoms. The van der Waals surface area contributed by atoms with Crippen LogP contribution in [-0.4, -0.2) is 16.0 Å². The molecule has 1 aromatic carbocycles. The molecule has 0 bridgehead atoms. The first-order chi connectivity index (χ1) is 8.72. The fourth-order valence-electron chi connectivity index (χ4n) is 1.74. The number of aromatic amines is 1. The van der Waals surface area contributed by atoms with Crippen LogP contribution in [0.25, 0.3) is 0 Å². The molecule has 0 amide bonds. The molecule has 0 aliphatic heterocycles. The lowest BCUT2D eigenvalue weighted by Gasteiger charge is -2.22. The van der Waals surface area contributed by atoms with Gasteiger partial charge in [0.05, 0.1) is 5.25 Å². The number of imidazole rings is 1. The molecule has 2 unspecified atom stereocenters. The number of H-pyrrole nitrogens is 1. The van der Waals surface area contributed by atoms with E-state index in [1.165, 1.54) is 0 Å². The van der Waals surface area contributed by atoms with E-state index in [-0.39, 0.29) is 11.3 Å². The van der Waals surface area contributed by atoms with Crippen molar-refractivity contribution in [1.82, 2.24) is 9.97 Å². The van der Waals surface area contributed by atoms with Gasteiger partial charge in [-0.1, -0.05) is 48.5 Å². The summed E-state index contributed by atoms with van der Waals surface area (Å²) in [4.78, 5) is 7.33. The van der Waals surface area contributed by atoms with Crippen LogP contribution in [0.3, 0.4) is 0 Å². The summed E-state index contributed by atoms with van der Waals surface area (Å²) in [7, 11) is 0. The third-order valence-electron chi connectivity index (χ3n) is 2.78. The Kier molecular flexibility index (Phi) is 4.69. The molecule has 18 heavy (non-hydrogen) atoms. The predicted molar refractivity (Wildman–Crippen MR) is 76.9 cm³/mol. The third kappa shape index (κ3) is 3.07. The SMILES string of the molecule is CCC(N)C(Sc1ncc[nH]1)c1ccccc1Cl. The minimum Gasteiger partial charge on any atom is -0.340 e. The number of nitrogens with zero attached hydrogens (tertiary/aromatic N) is 1. The first-order valence-corrected chi connectivity index (χ1v) is 7.14. The first kappa shape index (κ1) is 13.5. The Morgan fingerprint density at radius 3 is 2.83 bits per heavy atom. The highest BCUT2D eigenvalue weighted by Crippen LogP contribution is 2.39. The number of hydrogen-bond donors (Lipinski definition) is 2. The standard InChI is InChI=1S/C13H16ClN3S/c1-2-11(15)12(18-13-16-7-8-17-13)9-5-3-4-6-10(9)14/h3-8,11-12H,2,15H2,1H3,(H,16,17). The monoisotopic (exact) mass is 281 g/mol. The predicted octanol–water partition coefficient (Wildman–Crippen LogP) is 3.63. The van der Waals surface area contributed by atoms with Crippen molar-refractivity contribution in [3.05, 3.63) is 47.2 Å². The second-order valence-electron chi connectivity index (χ2n) is 4.03. The molecular weight excluding hydrogens is 266 g/mol. The van der Waals surface area contributed by atoms with Crippen molar-refractivity contribution < 1.29 is 0 Å². The highest BCUT2D eigenvalue weighted by atomic mass is 35.5. The molecule has 0 saturated carbocycles. The van der Waals surface area contributed by atoms with Gasteiger partial charge < -0.3 is 10.7 Å². The van der Waals surface area contributed by atoms with E-state index in [4.69, 9.17) is 17.3 Å². The Morgan fingerprint density at radius 1 is 1.44 bits per heavy atom. The summed E-state index contributed by atoms with van der Waals surface area (Å²) >= 11 is 7.88. The lowest BCUT2D eigenvalue weighted by atomic mass is 10.0. The number of halogens is 1. The zero-order chi connectivity index (χ0) is 13.0. The third-order valence-corrected chi connectivity index (χ3v) is 4.43. The summed E-state index contributed by atoms with van der Waals surface area (Å²) in [6.45, 7) is 2.08. The molecule has 2 aromatic rings. The van der Waals surface area contributed by atoms with Gasteiger partial charge in [0.2, 0.25) is 0 Å². The summed E-state index contributed by atoms with van der Waals surface area (Å²) in [6.07, 6.45) is 4.44. The molecule has 2 rings (SSSR count). The number of rotatable bonds is 5. The van der Waals surface area contributed by atoms with Gasteiger partial charge in [-0.3, -0.25) is 0 Å². The minimum absolute atomic E-state index is 0.0417. The van der Waals surface area contributed by atoms with Crippen LogP contribution in [0.5, 0.6) is 0 Å². The van der Waals surface area contributed by atoms with Gasteiger partial charge in [0.1, 0.15) is 0 Å². The molecule has 1 heterocycles. The largest absolute Gasteiger partial charge is 0.340 e. The van der Waals surface area contributed by atoms with E-state index in [0.717, 1.165) is 22.2 Å². The van der Waals surface area contributed by atoms with Crippen molar-refractivity contribution in [3.8, 4) is 0 Å². The average molecular weight is 282 g/mol. The Morgan fingerprint density at radius 2 is 2.22 bits per heavy atom. The van der Waals surface area contributed by atoms with Gasteiger partial charge in [-0.15, -0.1) is 0 Å². The zero-order valence-corrected chi connectivity index (χ0v) is 11.7. The maximum Gasteiger partial charge on any atom is 0.165 e. The van der Waals surface area contributed by atoms with Gasteiger partial charge in [0.15, 0.2) is 5.16 Å². The highest BCUT2D eigenvalue weighted by Gasteiger charge is 2.22. The molecule has 0 aliphatic carbocycles. The second-order valence-corrected chi connectivity index (χ2v) is 5.56. The topological polar surface area (TPSA) is 54.7 Å². The van der Waals surface area contributed by atoms with Gasteiger partial charge in [-0.05, 0) is 18.1 Å². The van der Waals surface area contributed by atoms with Crippen molar-refractivity contribution in [1.29, 1.82) is 0 Å². The van der Waals surface area contributed by atoms with E-state index in [2.05, 4.69) is 16.9 Å². The lowest BCUT2D eigenvalue weighted by molar-refractivity contribution is 0.633. The second kappa shape index (κ2) is 6.27. The molecule has 0 aliphatic rings. The van der Waals surface area contributed by atoms with Crippen LogP contribution in [0.1, 0.15) is 24.2 Å². The van der Waals surface area contributed by atoms with Crippen molar-refractivity contribution in [2.75, 3.05) is 0 Å². The van der Waals surface area contributed by atoms with Crippen molar-refractivity contribution in [2.45, 2.75) is 29.8 Å². The van der Waals surface area contributed by atoms with Crippen LogP contribution >= 0.6 is 23.4 Å². The fraction of sp³-hybridized carbons (Fsp3) is 0.308. The van der Waals surface area contributed by atoms with E-state index in [1.54, 1.807) is 18.0 Å². The molecule has 2 atom stereocenters. The molecule has 0 saturated heterocycles. The van der Waals surface area contributed by atoms with Crippen LogP contribution in [0.15, 0.2) is 41.8 Å².